The second-order valence-electron chi connectivity index (χ2n) is 28.6. The Labute approximate surface area is 702 Å². The second-order valence-corrected chi connectivity index (χ2v) is 33.9. The van der Waals surface area contributed by atoms with Gasteiger partial charge in [-0.15, -0.1) is 23.7 Å². The van der Waals surface area contributed by atoms with Gasteiger partial charge in [0, 0.05) is 161 Å². The third-order valence-corrected chi connectivity index (χ3v) is 24.8. The van der Waals surface area contributed by atoms with Crippen LogP contribution in [0.1, 0.15) is 144 Å². The van der Waals surface area contributed by atoms with Crippen LogP contribution < -0.4 is 29.8 Å². The van der Waals surface area contributed by atoms with Crippen LogP contribution in [0.15, 0.2) is 193 Å². The molecule has 0 spiro atoms. The Morgan fingerprint density at radius 3 is 1.02 bits per heavy atom. The number of carbonyl (C=O) groups excluding carboxylic acids is 3. The molecular formula is C85H101Br2ClN20O3S3. The van der Waals surface area contributed by atoms with Crippen molar-refractivity contribution in [1.29, 1.82) is 0 Å². The maximum absolute atomic E-state index is 13.3. The fraction of sp³-hybridized carbons (Fsp3) is 0.388. The number of nitrogens with one attached hydrogen (secondary N) is 4. The number of fused-ring (bicyclic) bond motifs is 3. The fourth-order valence-electron chi connectivity index (χ4n) is 14.6. The van der Waals surface area contributed by atoms with Crippen LogP contribution in [0.5, 0.6) is 0 Å². The molecule has 23 nitrogen and oxygen atoms in total. The van der Waals surface area contributed by atoms with Crippen molar-refractivity contribution >= 4 is 156 Å². The topological polar surface area (TPSA) is 269 Å². The van der Waals surface area contributed by atoms with E-state index in [2.05, 4.69) is 238 Å². The Kier molecular flexibility index (Phi) is 33.9. The van der Waals surface area contributed by atoms with Gasteiger partial charge in [-0.25, -0.2) is 54.8 Å². The average molecular weight is 1740 g/mol. The zero-order valence-corrected chi connectivity index (χ0v) is 71.4. The number of nitrogens with zero attached hydrogens (tertiary/aromatic N) is 16. The van der Waals surface area contributed by atoms with Crippen molar-refractivity contribution in [3.8, 4) is 0 Å². The number of halogens is 3. The number of aromatic nitrogens is 14. The Morgan fingerprint density at radius 1 is 0.395 bits per heavy atom. The third-order valence-electron chi connectivity index (χ3n) is 20.6. The molecule has 16 rings (SSSR count). The fourth-order valence-corrected chi connectivity index (χ4v) is 17.9. The smallest absolute Gasteiger partial charge is 0.186 e. The SMILES string of the molecule is Brc1cncnc1.CCCCC(CC(=O)c1cnc(Br)s1)Cc1c[nH]c2ccccc12.CCCCC(CC(=O)c1cnc(N2CCN(c3cncnc3)CC2)s1)Cc1c[nH]c2ccccc12.CCCCC(CC(=O)c1cnc(N2CCN(c3cncnc3)CC2)s1)Cc1c[nH]c2ccccc12.Cl.c1ncc(N2CCNCC2)cn1. The maximum atomic E-state index is 13.3. The highest BCUT2D eigenvalue weighted by atomic mass is 79.9. The summed E-state index contributed by atoms with van der Waals surface area (Å²) in [7, 11) is 0. The summed E-state index contributed by atoms with van der Waals surface area (Å²) in [5.41, 5.74) is 10.6. The quantitative estimate of drug-likeness (QED) is 0.0317. The van der Waals surface area contributed by atoms with Gasteiger partial charge in [0.25, 0.3) is 0 Å². The molecule has 3 aliphatic rings. The van der Waals surface area contributed by atoms with Crippen LogP contribution in [-0.2, 0) is 19.3 Å². The minimum Gasteiger partial charge on any atom is -0.366 e. The van der Waals surface area contributed by atoms with E-state index in [4.69, 9.17) is 0 Å². The predicted molar refractivity (Wildman–Crippen MR) is 473 cm³/mol. The molecule has 3 aromatic carbocycles. The zero-order valence-electron chi connectivity index (χ0n) is 64.9. The summed E-state index contributed by atoms with van der Waals surface area (Å²) in [5, 5.41) is 8.99. The van der Waals surface area contributed by atoms with Gasteiger partial charge in [0.15, 0.2) is 31.5 Å². The normalized spacial score (nSPS) is 14.3. The van der Waals surface area contributed by atoms with Crippen molar-refractivity contribution in [3.63, 3.8) is 0 Å². The molecule has 10 aromatic heterocycles. The molecule has 0 amide bonds. The van der Waals surface area contributed by atoms with Crippen LogP contribution in [0.2, 0.25) is 0 Å². The highest BCUT2D eigenvalue weighted by Gasteiger charge is 2.27. The van der Waals surface area contributed by atoms with Gasteiger partial charge < -0.3 is 44.8 Å². The lowest BCUT2D eigenvalue weighted by Crippen LogP contribution is -2.46. The molecule has 4 N–H and O–H groups in total. The largest absolute Gasteiger partial charge is 0.366 e. The van der Waals surface area contributed by atoms with Gasteiger partial charge in [-0.3, -0.25) is 14.4 Å². The van der Waals surface area contributed by atoms with Gasteiger partial charge in [-0.1, -0.05) is 137 Å². The number of hydrogen-bond donors (Lipinski definition) is 4. The van der Waals surface area contributed by atoms with Crippen molar-refractivity contribution in [1.82, 2.24) is 75.1 Å². The molecule has 3 atom stereocenters. The number of Topliss-reactive ketones (excluding diaryl/α,β-unsaturated/α-hetero) is 3. The summed E-state index contributed by atoms with van der Waals surface area (Å²) >= 11 is 11.0. The Bertz CT molecular complexity index is 4800. The van der Waals surface area contributed by atoms with Gasteiger partial charge in [0.2, 0.25) is 0 Å². The lowest BCUT2D eigenvalue weighted by Gasteiger charge is -2.35. The number of piperazine rings is 3. The Balaban J connectivity index is 0.000000152. The van der Waals surface area contributed by atoms with E-state index < -0.39 is 0 Å². The minimum absolute atomic E-state index is 0. The summed E-state index contributed by atoms with van der Waals surface area (Å²) < 4.78 is 1.68. The molecule has 0 saturated carbocycles. The number of benzene rings is 3. The first-order valence-corrected chi connectivity index (χ1v) is 43.4. The van der Waals surface area contributed by atoms with Gasteiger partial charge in [0.05, 0.1) is 91.9 Å². The summed E-state index contributed by atoms with van der Waals surface area (Å²) in [6.07, 6.45) is 46.9. The number of thiazole rings is 3. The summed E-state index contributed by atoms with van der Waals surface area (Å²) in [5.74, 6) is 1.69. The highest BCUT2D eigenvalue weighted by Crippen LogP contribution is 2.34. The minimum atomic E-state index is 0. The molecule has 13 heterocycles. The summed E-state index contributed by atoms with van der Waals surface area (Å²) in [4.78, 5) is 108. The van der Waals surface area contributed by atoms with Gasteiger partial charge >= 0.3 is 0 Å². The molecule has 13 aromatic rings. The van der Waals surface area contributed by atoms with Crippen LogP contribution in [0.25, 0.3) is 32.7 Å². The average Bonchev–Trinajstić information content (AvgIpc) is 1.67. The molecular weight excluding hydrogens is 1640 g/mol. The van der Waals surface area contributed by atoms with Crippen molar-refractivity contribution in [2.45, 2.75) is 117 Å². The third kappa shape index (κ3) is 25.1. The lowest BCUT2D eigenvalue weighted by molar-refractivity contribution is 0.0953. The maximum Gasteiger partial charge on any atom is 0.186 e. The van der Waals surface area contributed by atoms with E-state index in [9.17, 15) is 14.4 Å². The molecule has 29 heteroatoms. The van der Waals surface area contributed by atoms with Crippen molar-refractivity contribution in [3.05, 3.63) is 225 Å². The standard InChI is InChI=1S/2C27H32N6OS.C19H21BrN2OS.C8H12N4.C4H3BrN2.ClH/c2*1-2-3-6-20(13-21-15-30-24-8-5-4-7-23(21)24)14-25(34)26-18-31-27(35-26)33-11-9-32(10-12-33)22-16-28-19-29-17-22;1-2-3-6-13(10-17(23)18-12-22-19(20)24-18)9-14-11-21-16-8-5-4-7-15(14)16;1-3-12(4-2-9-1)8-5-10-7-11-6-8;5-4-1-6-3-7-2-4;/h2*4-5,7-8,15-20,30H,2-3,6,9-14H2,1H3;4-5,7-8,11-13,21H,2-3,6,9-10H2,1H3;5-7,9H,1-4H2;1-3H;1H. The van der Waals surface area contributed by atoms with E-state index in [0.717, 1.165) is 217 Å². The summed E-state index contributed by atoms with van der Waals surface area (Å²) in [6, 6.07) is 25.2. The lowest BCUT2D eigenvalue weighted by atomic mass is 9.89. The molecule has 0 bridgehead atoms. The van der Waals surface area contributed by atoms with Crippen LogP contribution in [0, 0.1) is 17.8 Å². The Morgan fingerprint density at radius 2 is 0.702 bits per heavy atom. The van der Waals surface area contributed by atoms with E-state index in [1.54, 1.807) is 50.0 Å². The van der Waals surface area contributed by atoms with Gasteiger partial charge in [0.1, 0.15) is 25.3 Å². The van der Waals surface area contributed by atoms with Gasteiger partial charge in [-0.2, -0.15) is 0 Å². The van der Waals surface area contributed by atoms with E-state index >= 15 is 0 Å². The predicted octanol–water partition coefficient (Wildman–Crippen LogP) is 18.3. The first kappa shape index (κ1) is 85.6. The molecule has 0 aliphatic carbocycles. The van der Waals surface area contributed by atoms with Crippen molar-refractivity contribution < 1.29 is 14.4 Å². The summed E-state index contributed by atoms with van der Waals surface area (Å²) in [6.45, 7) is 17.9. The van der Waals surface area contributed by atoms with E-state index in [1.807, 2.05) is 43.2 Å². The molecule has 598 valence electrons. The first-order chi connectivity index (χ1) is 55.4. The molecule has 114 heavy (non-hydrogen) atoms. The number of aromatic amines is 3. The molecule has 3 saturated heterocycles. The number of H-pyrrole nitrogens is 3. The van der Waals surface area contributed by atoms with Crippen LogP contribution in [0.3, 0.4) is 0 Å². The van der Waals surface area contributed by atoms with Crippen LogP contribution >= 0.6 is 78.3 Å². The second kappa shape index (κ2) is 45.1. The van der Waals surface area contributed by atoms with Crippen molar-refractivity contribution in [2.24, 2.45) is 17.8 Å². The molecule has 3 aliphatic heterocycles. The van der Waals surface area contributed by atoms with E-state index in [0.29, 0.717) is 37.0 Å². The van der Waals surface area contributed by atoms with Gasteiger partial charge in [-0.05, 0) is 123 Å². The van der Waals surface area contributed by atoms with E-state index in [-0.39, 0.29) is 29.8 Å². The van der Waals surface area contributed by atoms with Crippen LogP contribution in [-0.4, -0.2) is 166 Å². The number of anilines is 5. The first-order valence-electron chi connectivity index (χ1n) is 39.3. The molecule has 3 fully saturated rings. The Hall–Kier alpha value is -9.29. The molecule has 0 radical (unpaired) electrons. The number of unbranched alkanes of at least 4 members (excludes halogenated alkanes) is 3. The molecule has 3 unspecified atom stereocenters. The number of ketones is 3. The highest BCUT2D eigenvalue weighted by molar-refractivity contribution is 9.11. The number of carbonyl (C=O) groups is 3. The monoisotopic (exact) mass is 1740 g/mol. The zero-order chi connectivity index (χ0) is 78.4. The number of rotatable bonds is 29. The number of para-hydroxylation sites is 3. The van der Waals surface area contributed by atoms with E-state index in [1.165, 1.54) is 78.7 Å². The van der Waals surface area contributed by atoms with Crippen molar-refractivity contribution in [2.75, 3.05) is 103 Å². The number of hydrogen-bond acceptors (Lipinski definition) is 23. The van der Waals surface area contributed by atoms with Crippen LogP contribution in [0.4, 0.5) is 27.3 Å².